The summed E-state index contributed by atoms with van der Waals surface area (Å²) in [6.45, 7) is 1.78. The molecule has 0 aromatic heterocycles. The topological polar surface area (TPSA) is 83.5 Å². The lowest BCUT2D eigenvalue weighted by molar-refractivity contribution is 0.429. The van der Waals surface area contributed by atoms with Crippen LogP contribution in [0.3, 0.4) is 0 Å². The second kappa shape index (κ2) is 4.18. The Bertz CT molecular complexity index is 434. The Morgan fingerprint density at radius 2 is 1.79 bits per heavy atom. The van der Waals surface area contributed by atoms with E-state index in [0.29, 0.717) is 0 Å². The highest BCUT2D eigenvalue weighted by Gasteiger charge is 2.14. The molecular weight excluding hydrogens is 228 g/mol. The first kappa shape index (κ1) is 11.3. The molecule has 1 atom stereocenters. The van der Waals surface area contributed by atoms with Crippen molar-refractivity contribution in [2.75, 3.05) is 0 Å². The van der Waals surface area contributed by atoms with Crippen LogP contribution in [-0.4, -0.2) is 17.2 Å². The molecule has 1 aromatic rings. The zero-order valence-corrected chi connectivity index (χ0v) is 8.80. The number of hydrogen-bond donors (Lipinski definition) is 0. The van der Waals surface area contributed by atoms with Crippen LogP contribution in [0.2, 0.25) is 0 Å². The van der Waals surface area contributed by atoms with Crippen LogP contribution in [0.15, 0.2) is 29.2 Å². The zero-order valence-electron chi connectivity index (χ0n) is 7.17. The lowest BCUT2D eigenvalue weighted by atomic mass is 10.2. The molecule has 0 saturated heterocycles. The van der Waals surface area contributed by atoms with Crippen molar-refractivity contribution >= 4 is 21.5 Å². The maximum atomic E-state index is 11.1. The predicted octanol–water partition coefficient (Wildman–Crippen LogP) is 0.494. The van der Waals surface area contributed by atoms with Crippen molar-refractivity contribution in [1.29, 1.82) is 0 Å². The molecular formula is C7H7O5S2-. The second-order valence-corrected chi connectivity index (χ2v) is 4.87. The molecule has 78 valence electrons. The third-order valence-electron chi connectivity index (χ3n) is 1.45. The van der Waals surface area contributed by atoms with Crippen LogP contribution in [-0.2, 0) is 25.1 Å². The molecule has 0 aliphatic carbocycles. The van der Waals surface area contributed by atoms with E-state index in [0.717, 1.165) is 5.56 Å². The summed E-state index contributed by atoms with van der Waals surface area (Å²) in [5.41, 5.74) is 0.868. The van der Waals surface area contributed by atoms with Crippen LogP contribution in [0.4, 0.5) is 0 Å². The number of rotatable bonds is 3. The minimum atomic E-state index is -4.19. The minimum absolute atomic E-state index is 0.188. The van der Waals surface area contributed by atoms with Crippen LogP contribution in [0.5, 0.6) is 0 Å². The van der Waals surface area contributed by atoms with E-state index in [9.17, 15) is 17.2 Å². The van der Waals surface area contributed by atoms with Gasteiger partial charge in [-0.15, -0.1) is 0 Å². The summed E-state index contributed by atoms with van der Waals surface area (Å²) < 4.78 is 46.1. The van der Waals surface area contributed by atoms with Gasteiger partial charge in [-0.1, -0.05) is 17.7 Å². The van der Waals surface area contributed by atoms with Crippen LogP contribution in [0.1, 0.15) is 5.56 Å². The highest BCUT2D eigenvalue weighted by molar-refractivity contribution is 7.95. The van der Waals surface area contributed by atoms with Crippen molar-refractivity contribution in [3.05, 3.63) is 29.8 Å². The zero-order chi connectivity index (χ0) is 10.8. The minimum Gasteiger partial charge on any atom is -0.749 e. The molecule has 7 heteroatoms. The van der Waals surface area contributed by atoms with E-state index >= 15 is 0 Å². The monoisotopic (exact) mass is 235 g/mol. The molecule has 0 amide bonds. The van der Waals surface area contributed by atoms with Gasteiger partial charge in [0.2, 0.25) is 0 Å². The molecule has 14 heavy (non-hydrogen) atoms. The van der Waals surface area contributed by atoms with Gasteiger partial charge in [0.05, 0.1) is 4.90 Å². The molecule has 0 bridgehead atoms. The summed E-state index contributed by atoms with van der Waals surface area (Å²) in [4.78, 5) is -0.188. The maximum Gasteiger partial charge on any atom is 0.308 e. The first-order valence-electron chi connectivity index (χ1n) is 3.53. The summed E-state index contributed by atoms with van der Waals surface area (Å²) in [5, 5.41) is 0. The Morgan fingerprint density at radius 3 is 2.21 bits per heavy atom. The molecule has 0 aliphatic heterocycles. The van der Waals surface area contributed by atoms with Gasteiger partial charge in [-0.05, 0) is 19.1 Å². The van der Waals surface area contributed by atoms with Crippen LogP contribution < -0.4 is 0 Å². The van der Waals surface area contributed by atoms with E-state index < -0.39 is 21.5 Å². The fourth-order valence-corrected chi connectivity index (χ4v) is 2.19. The lowest BCUT2D eigenvalue weighted by Crippen LogP contribution is -2.08. The van der Waals surface area contributed by atoms with E-state index in [-0.39, 0.29) is 4.90 Å². The van der Waals surface area contributed by atoms with Gasteiger partial charge >= 0.3 is 10.1 Å². The molecule has 0 radical (unpaired) electrons. The Kier molecular flexibility index (Phi) is 3.38. The standard InChI is InChI=1S/C7H8O5S2/c1-6-2-4-7(5-3-6)14(10,11)12-13(8)9/h2-5H,1H3,(H,8,9)/p-1. The molecule has 1 aromatic carbocycles. The Balaban J connectivity index is 3.05. The Hall–Kier alpha value is -0.760. The molecule has 0 heterocycles. The smallest absolute Gasteiger partial charge is 0.308 e. The molecule has 1 unspecified atom stereocenters. The summed E-state index contributed by atoms with van der Waals surface area (Å²) in [7, 11) is -4.19. The maximum absolute atomic E-state index is 11.1. The van der Waals surface area contributed by atoms with Gasteiger partial charge in [0.1, 0.15) is 11.4 Å². The van der Waals surface area contributed by atoms with E-state index in [1.54, 1.807) is 19.1 Å². The molecule has 0 saturated carbocycles. The van der Waals surface area contributed by atoms with Crippen molar-refractivity contribution in [2.45, 2.75) is 11.8 Å². The van der Waals surface area contributed by atoms with Crippen molar-refractivity contribution in [2.24, 2.45) is 0 Å². The van der Waals surface area contributed by atoms with E-state index in [4.69, 9.17) is 0 Å². The van der Waals surface area contributed by atoms with Gasteiger partial charge in [-0.3, -0.25) is 0 Å². The number of hydrogen-bond acceptors (Lipinski definition) is 5. The third kappa shape index (κ3) is 2.88. The fourth-order valence-electron chi connectivity index (χ4n) is 0.817. The van der Waals surface area contributed by atoms with Crippen LogP contribution >= 0.6 is 0 Å². The normalized spacial score (nSPS) is 13.9. The van der Waals surface area contributed by atoms with Gasteiger partial charge in [-0.25, -0.2) is 4.21 Å². The SMILES string of the molecule is Cc1ccc(S(=O)(=O)OS(=O)[O-])cc1. The van der Waals surface area contributed by atoms with E-state index in [1.165, 1.54) is 12.1 Å². The van der Waals surface area contributed by atoms with Crippen LogP contribution in [0, 0.1) is 6.92 Å². The molecule has 0 fully saturated rings. The second-order valence-electron chi connectivity index (χ2n) is 2.54. The van der Waals surface area contributed by atoms with Gasteiger partial charge in [0, 0.05) is 0 Å². The van der Waals surface area contributed by atoms with E-state index in [2.05, 4.69) is 3.63 Å². The average Bonchev–Trinajstić information content (AvgIpc) is 2.02. The quantitative estimate of drug-likeness (QED) is 0.712. The van der Waals surface area contributed by atoms with Gasteiger partial charge in [-0.2, -0.15) is 12.0 Å². The number of aryl methyl sites for hydroxylation is 1. The third-order valence-corrected chi connectivity index (χ3v) is 3.47. The van der Waals surface area contributed by atoms with Crippen molar-refractivity contribution in [3.8, 4) is 0 Å². The van der Waals surface area contributed by atoms with Crippen molar-refractivity contribution < 1.29 is 20.8 Å². The predicted molar refractivity (Wildman–Crippen MR) is 48.4 cm³/mol. The molecule has 5 nitrogen and oxygen atoms in total. The van der Waals surface area contributed by atoms with Crippen molar-refractivity contribution in [1.82, 2.24) is 0 Å². The largest absolute Gasteiger partial charge is 0.749 e. The summed E-state index contributed by atoms with van der Waals surface area (Å²) >= 11 is -3.08. The summed E-state index contributed by atoms with van der Waals surface area (Å²) in [6.07, 6.45) is 0. The average molecular weight is 235 g/mol. The Morgan fingerprint density at radius 1 is 1.29 bits per heavy atom. The van der Waals surface area contributed by atoms with Crippen LogP contribution in [0.25, 0.3) is 0 Å². The highest BCUT2D eigenvalue weighted by Crippen LogP contribution is 2.13. The highest BCUT2D eigenvalue weighted by atomic mass is 32.3. The number of benzene rings is 1. The first-order valence-corrected chi connectivity index (χ1v) is 5.93. The fraction of sp³-hybridized carbons (Fsp3) is 0.143. The lowest BCUT2D eigenvalue weighted by Gasteiger charge is -2.06. The first-order chi connectivity index (χ1) is 6.42. The van der Waals surface area contributed by atoms with Gasteiger partial charge < -0.3 is 4.55 Å². The van der Waals surface area contributed by atoms with Gasteiger partial charge in [0.25, 0.3) is 0 Å². The van der Waals surface area contributed by atoms with Gasteiger partial charge in [0.15, 0.2) is 0 Å². The Labute approximate surface area is 84.3 Å². The molecule has 0 aliphatic rings. The summed E-state index contributed by atoms with van der Waals surface area (Å²) in [6, 6.07) is 5.64. The molecule has 0 spiro atoms. The van der Waals surface area contributed by atoms with E-state index in [1.807, 2.05) is 0 Å². The molecule has 1 rings (SSSR count). The molecule has 0 N–H and O–H groups in total. The van der Waals surface area contributed by atoms with Crippen molar-refractivity contribution in [3.63, 3.8) is 0 Å². The summed E-state index contributed by atoms with van der Waals surface area (Å²) in [5.74, 6) is 0.